The average Bonchev–Trinajstić information content (AvgIpc) is 2.92. The van der Waals surface area contributed by atoms with Crippen LogP contribution in [0.3, 0.4) is 0 Å². The maximum Gasteiger partial charge on any atom is 0.328 e. The lowest BCUT2D eigenvalue weighted by atomic mass is 9.79. The van der Waals surface area contributed by atoms with Crippen molar-refractivity contribution in [1.29, 1.82) is 0 Å². The number of ether oxygens (including phenoxy) is 1. The first kappa shape index (κ1) is 30.4. The Bertz CT molecular complexity index is 1380. The number of esters is 1. The number of allylic oxidation sites excluding steroid dienone is 1. The minimum Gasteiger partial charge on any atom is -0.455 e. The van der Waals surface area contributed by atoms with Gasteiger partial charge in [-0.25, -0.2) is 15.2 Å². The molecule has 5 bridgehead atoms. The van der Waals surface area contributed by atoms with Crippen molar-refractivity contribution in [2.45, 2.75) is 85.4 Å². The van der Waals surface area contributed by atoms with Crippen molar-refractivity contribution < 1.29 is 23.9 Å². The van der Waals surface area contributed by atoms with Crippen LogP contribution in [0.5, 0.6) is 0 Å². The number of aromatic nitrogens is 1. The van der Waals surface area contributed by atoms with Gasteiger partial charge in [0.2, 0.25) is 5.91 Å². The predicted molar refractivity (Wildman–Crippen MR) is 157 cm³/mol. The number of hydrogen-bond donors (Lipinski definition) is 2. The number of cyclic esters (lactones) is 1. The van der Waals surface area contributed by atoms with Crippen LogP contribution in [-0.4, -0.2) is 51.7 Å². The zero-order valence-electron chi connectivity index (χ0n) is 25.1. The van der Waals surface area contributed by atoms with Gasteiger partial charge in [0.25, 0.3) is 5.91 Å². The number of amides is 2. The van der Waals surface area contributed by atoms with Gasteiger partial charge in [-0.1, -0.05) is 44.2 Å². The molecule has 2 aromatic rings. The highest BCUT2D eigenvalue weighted by Crippen LogP contribution is 2.29. The SMILES string of the molecule is CC(C)[C@@H]1CC(=O)C(C)(C)/C=C/c2ccc3ccc(nc3c2)[C@@H](C)OC(=O)[C@]2(C)CCCN(N2)C(=O)[C@H](C)NC1=O. The fraction of sp³-hybridized carbons (Fsp3) is 0.531. The van der Waals surface area contributed by atoms with Gasteiger partial charge in [0.1, 0.15) is 23.5 Å². The van der Waals surface area contributed by atoms with E-state index in [-0.39, 0.29) is 29.9 Å². The molecular weight excluding hydrogens is 520 g/mol. The van der Waals surface area contributed by atoms with E-state index in [1.807, 2.05) is 70.2 Å². The third kappa shape index (κ3) is 6.67. The monoisotopic (exact) mass is 562 g/mol. The molecule has 220 valence electrons. The van der Waals surface area contributed by atoms with Crippen LogP contribution in [0, 0.1) is 17.3 Å². The molecule has 4 atom stereocenters. The molecule has 1 saturated heterocycles. The largest absolute Gasteiger partial charge is 0.455 e. The van der Waals surface area contributed by atoms with Gasteiger partial charge < -0.3 is 10.1 Å². The van der Waals surface area contributed by atoms with E-state index < -0.39 is 35.0 Å². The predicted octanol–water partition coefficient (Wildman–Crippen LogP) is 4.51. The molecule has 3 heterocycles. The lowest BCUT2D eigenvalue weighted by molar-refractivity contribution is -0.164. The summed E-state index contributed by atoms with van der Waals surface area (Å²) in [6, 6.07) is 8.79. The van der Waals surface area contributed by atoms with Gasteiger partial charge in [0.15, 0.2) is 0 Å². The molecule has 2 amide bonds. The first-order valence-electron chi connectivity index (χ1n) is 14.4. The van der Waals surface area contributed by atoms with Gasteiger partial charge in [0, 0.05) is 29.7 Å². The topological polar surface area (TPSA) is 118 Å². The van der Waals surface area contributed by atoms with E-state index in [9.17, 15) is 19.2 Å². The summed E-state index contributed by atoms with van der Waals surface area (Å²) in [5.41, 5.74) is 3.35. The highest BCUT2D eigenvalue weighted by atomic mass is 16.5. The quantitative estimate of drug-likeness (QED) is 0.491. The van der Waals surface area contributed by atoms with Crippen molar-refractivity contribution in [2.75, 3.05) is 6.54 Å². The fourth-order valence-corrected chi connectivity index (χ4v) is 5.25. The Labute approximate surface area is 242 Å². The van der Waals surface area contributed by atoms with Crippen LogP contribution in [0.4, 0.5) is 0 Å². The fourth-order valence-electron chi connectivity index (χ4n) is 5.25. The van der Waals surface area contributed by atoms with Gasteiger partial charge in [-0.05, 0) is 71.1 Å². The molecule has 9 heteroatoms. The zero-order chi connectivity index (χ0) is 30.1. The van der Waals surface area contributed by atoms with E-state index >= 15 is 0 Å². The van der Waals surface area contributed by atoms with Gasteiger partial charge >= 0.3 is 5.97 Å². The Kier molecular flexibility index (Phi) is 8.68. The van der Waals surface area contributed by atoms with Gasteiger partial charge in [0.05, 0.1) is 11.2 Å². The average molecular weight is 563 g/mol. The highest BCUT2D eigenvalue weighted by Gasteiger charge is 2.42. The molecule has 0 unspecified atom stereocenters. The third-order valence-electron chi connectivity index (χ3n) is 8.28. The second-order valence-corrected chi connectivity index (χ2v) is 12.5. The summed E-state index contributed by atoms with van der Waals surface area (Å²) in [7, 11) is 0. The van der Waals surface area contributed by atoms with E-state index in [0.29, 0.717) is 25.1 Å². The Morgan fingerprint density at radius 2 is 1.76 bits per heavy atom. The van der Waals surface area contributed by atoms with E-state index in [4.69, 9.17) is 9.72 Å². The third-order valence-corrected chi connectivity index (χ3v) is 8.28. The van der Waals surface area contributed by atoms with Crippen LogP contribution in [-0.2, 0) is 23.9 Å². The number of Topliss-reactive ketones (excluding diaryl/α,β-unsaturated/α-hetero) is 1. The molecule has 41 heavy (non-hydrogen) atoms. The Hall–Kier alpha value is -3.59. The standard InChI is InChI=1S/C32H42N4O5/c1-19(2)24-18-27(37)31(5,6)15-13-22-9-10-23-11-12-25(34-26(23)17-22)21(4)41-30(40)32(7)14-8-16-36(35-32)29(39)20(3)33-28(24)38/h9-13,15,17,19-21,24,35H,8,14,16,18H2,1-7H3,(H,33,38)/b15-13+/t20-,21+,24-,32-/m0/s1. The number of nitrogens with zero attached hydrogens (tertiary/aromatic N) is 2. The van der Waals surface area contributed by atoms with Gasteiger partial charge in [-0.15, -0.1) is 0 Å². The number of fused-ring (bicyclic) bond motifs is 4. The van der Waals surface area contributed by atoms with E-state index in [2.05, 4.69) is 10.7 Å². The van der Waals surface area contributed by atoms with Gasteiger partial charge in [-0.3, -0.25) is 19.4 Å². The summed E-state index contributed by atoms with van der Waals surface area (Å²) < 4.78 is 5.86. The van der Waals surface area contributed by atoms with Crippen molar-refractivity contribution in [3.05, 3.63) is 47.7 Å². The van der Waals surface area contributed by atoms with E-state index in [1.54, 1.807) is 20.8 Å². The zero-order valence-corrected chi connectivity index (χ0v) is 25.1. The molecule has 2 N–H and O–H groups in total. The van der Waals surface area contributed by atoms with Crippen molar-refractivity contribution in [3.8, 4) is 0 Å². The number of rotatable bonds is 1. The Morgan fingerprint density at radius 3 is 2.46 bits per heavy atom. The second-order valence-electron chi connectivity index (χ2n) is 12.5. The van der Waals surface area contributed by atoms with Crippen LogP contribution in [0.1, 0.15) is 85.1 Å². The maximum absolute atomic E-state index is 13.4. The molecule has 2 aliphatic heterocycles. The van der Waals surface area contributed by atoms with Crippen molar-refractivity contribution in [2.24, 2.45) is 17.3 Å². The highest BCUT2D eigenvalue weighted by molar-refractivity contribution is 5.94. The first-order chi connectivity index (χ1) is 19.2. The summed E-state index contributed by atoms with van der Waals surface area (Å²) in [5.74, 6) is -1.96. The molecule has 0 radical (unpaired) electrons. The summed E-state index contributed by atoms with van der Waals surface area (Å²) >= 11 is 0. The summed E-state index contributed by atoms with van der Waals surface area (Å²) in [5, 5.41) is 5.15. The molecule has 4 rings (SSSR count). The number of carbonyl (C=O) groups excluding carboxylic acids is 4. The molecule has 2 aliphatic rings. The number of pyridine rings is 1. The number of hydrazine groups is 1. The molecular formula is C32H42N4O5. The van der Waals surface area contributed by atoms with Crippen LogP contribution < -0.4 is 10.7 Å². The minimum absolute atomic E-state index is 0.0498. The molecule has 0 spiro atoms. The second kappa shape index (κ2) is 11.7. The van der Waals surface area contributed by atoms with E-state index in [1.165, 1.54) is 5.01 Å². The summed E-state index contributed by atoms with van der Waals surface area (Å²) in [4.78, 5) is 58.3. The number of ketones is 1. The Morgan fingerprint density at radius 1 is 1.05 bits per heavy atom. The molecule has 1 aromatic carbocycles. The molecule has 0 saturated carbocycles. The smallest absolute Gasteiger partial charge is 0.328 e. The number of benzene rings is 1. The van der Waals surface area contributed by atoms with Crippen LogP contribution in [0.15, 0.2) is 36.4 Å². The first-order valence-corrected chi connectivity index (χ1v) is 14.4. The maximum atomic E-state index is 13.4. The molecule has 0 aliphatic carbocycles. The Balaban J connectivity index is 1.73. The van der Waals surface area contributed by atoms with Crippen molar-refractivity contribution in [1.82, 2.24) is 20.7 Å². The molecule has 9 nitrogen and oxygen atoms in total. The minimum atomic E-state index is -1.13. The van der Waals surface area contributed by atoms with Crippen LogP contribution in [0.2, 0.25) is 0 Å². The molecule has 1 aromatic heterocycles. The number of nitrogens with one attached hydrogen (secondary N) is 2. The van der Waals surface area contributed by atoms with Crippen LogP contribution >= 0.6 is 0 Å². The van der Waals surface area contributed by atoms with Crippen LogP contribution in [0.25, 0.3) is 17.0 Å². The lowest BCUT2D eigenvalue weighted by Gasteiger charge is -2.41. The van der Waals surface area contributed by atoms with E-state index in [0.717, 1.165) is 16.5 Å². The normalized spacial score (nSPS) is 28.9. The summed E-state index contributed by atoms with van der Waals surface area (Å²) in [6.07, 6.45) is 4.25. The van der Waals surface area contributed by atoms with Gasteiger partial charge in [-0.2, -0.15) is 0 Å². The number of carbonyl (C=O) groups is 4. The van der Waals surface area contributed by atoms with Crippen molar-refractivity contribution >= 4 is 40.5 Å². The van der Waals surface area contributed by atoms with Crippen molar-refractivity contribution in [3.63, 3.8) is 0 Å². The number of hydrogen-bond acceptors (Lipinski definition) is 7. The summed E-state index contributed by atoms with van der Waals surface area (Å²) in [6.45, 7) is 13.0. The molecule has 1 fully saturated rings. The lowest BCUT2D eigenvalue weighted by Crippen LogP contribution is -2.65.